The molecule has 0 amide bonds. The van der Waals surface area contributed by atoms with E-state index in [2.05, 4.69) is 12.1 Å². The minimum atomic E-state index is -2.69. The van der Waals surface area contributed by atoms with Gasteiger partial charge in [0, 0.05) is 11.8 Å². The molecule has 0 unspecified atom stereocenters. The zero-order valence-electron chi connectivity index (χ0n) is 12.2. The van der Waals surface area contributed by atoms with E-state index in [0.29, 0.717) is 19.0 Å². The summed E-state index contributed by atoms with van der Waals surface area (Å²) in [5, 5.41) is 0. The molecule has 5 heteroatoms. The molecule has 0 aliphatic rings. The number of benzene rings is 2. The number of hydrogen-bond donors (Lipinski definition) is 0. The summed E-state index contributed by atoms with van der Waals surface area (Å²) < 4.78 is 16.7. The van der Waals surface area contributed by atoms with Gasteiger partial charge in [0.2, 0.25) is 0 Å². The lowest BCUT2D eigenvalue weighted by Crippen LogP contribution is -2.01. The summed E-state index contributed by atoms with van der Waals surface area (Å²) in [6.07, 6.45) is 0. The van der Waals surface area contributed by atoms with Crippen LogP contribution in [0.1, 0.15) is 13.8 Å². The van der Waals surface area contributed by atoms with Crippen LogP contribution in [-0.2, 0) is 20.9 Å². The van der Waals surface area contributed by atoms with Gasteiger partial charge in [0.05, 0.1) is 13.2 Å². The highest BCUT2D eigenvalue weighted by Crippen LogP contribution is 2.49. The smallest absolute Gasteiger partial charge is 0.380 e. The van der Waals surface area contributed by atoms with Crippen molar-refractivity contribution in [1.29, 1.82) is 0 Å². The zero-order chi connectivity index (χ0) is 15.1. The molecule has 0 saturated carbocycles. The van der Waals surface area contributed by atoms with Crippen LogP contribution in [0.4, 0.5) is 0 Å². The predicted octanol–water partition coefficient (Wildman–Crippen LogP) is 5.03. The molecule has 0 saturated heterocycles. The Bertz CT molecular complexity index is 589. The molecule has 2 aromatic carbocycles. The molecule has 0 aliphatic heterocycles. The molecule has 0 fully saturated rings. The van der Waals surface area contributed by atoms with Gasteiger partial charge in [0.25, 0.3) is 0 Å². The van der Waals surface area contributed by atoms with Gasteiger partial charge in [-0.15, -0.1) is 0 Å². The second-order valence-corrected chi connectivity index (χ2v) is 7.20. The van der Waals surface area contributed by atoms with Gasteiger partial charge in [-0.2, -0.15) is 0 Å². The van der Waals surface area contributed by atoms with E-state index in [1.54, 1.807) is 0 Å². The van der Waals surface area contributed by atoms with E-state index in [1.807, 2.05) is 56.3 Å². The molecule has 2 aromatic rings. The third-order valence-electron chi connectivity index (χ3n) is 2.75. The topological polar surface area (TPSA) is 27.7 Å². The third-order valence-corrected chi connectivity index (χ3v) is 5.19. The Morgan fingerprint density at radius 3 is 1.86 bits per heavy atom. The molecule has 112 valence electrons. The van der Waals surface area contributed by atoms with Crippen LogP contribution in [0.2, 0.25) is 0 Å². The van der Waals surface area contributed by atoms with E-state index < -0.39 is 6.72 Å². The number of rotatable bonds is 7. The van der Waals surface area contributed by atoms with Crippen LogP contribution in [0.3, 0.4) is 0 Å². The summed E-state index contributed by atoms with van der Waals surface area (Å²) in [4.78, 5) is 0. The first kappa shape index (κ1) is 16.2. The molecule has 0 bridgehead atoms. The van der Waals surface area contributed by atoms with E-state index in [-0.39, 0.29) is 0 Å². The maximum Gasteiger partial charge on any atom is 0.380 e. The molecule has 0 heterocycles. The fraction of sp³-hybridized carbons (Fsp3) is 0.250. The molecule has 0 radical (unpaired) electrons. The molecule has 3 nitrogen and oxygen atoms in total. The van der Waals surface area contributed by atoms with Gasteiger partial charge in [-0.1, -0.05) is 42.5 Å². The highest BCUT2D eigenvalue weighted by atomic mass is 32.5. The van der Waals surface area contributed by atoms with Gasteiger partial charge in [-0.3, -0.25) is 9.05 Å². The first-order valence-electron chi connectivity index (χ1n) is 6.91. The van der Waals surface area contributed by atoms with E-state index in [4.69, 9.17) is 25.4 Å². The molecule has 0 spiro atoms. The van der Waals surface area contributed by atoms with Crippen molar-refractivity contribution in [1.82, 2.24) is 0 Å². The summed E-state index contributed by atoms with van der Waals surface area (Å²) in [5.41, 5.74) is 2.29. The van der Waals surface area contributed by atoms with Crippen LogP contribution in [0.15, 0.2) is 54.6 Å². The average Bonchev–Trinajstić information content (AvgIpc) is 2.49. The second kappa shape index (κ2) is 7.71. The van der Waals surface area contributed by atoms with Gasteiger partial charge in [0.15, 0.2) is 0 Å². The normalized spacial score (nSPS) is 11.3. The molecular formula is C16H19O3PS. The summed E-state index contributed by atoms with van der Waals surface area (Å²) in [6, 6.07) is 18.0. The quantitative estimate of drug-likeness (QED) is 0.668. The number of hydrogen-bond acceptors (Lipinski definition) is 4. The van der Waals surface area contributed by atoms with E-state index in [1.165, 1.54) is 0 Å². The standard InChI is InChI=1S/C16H19O3PS/c1-3-17-20(21,18-4-2)19-16-12-10-15(11-13-16)14-8-6-5-7-9-14/h5-13H,3-4H2,1-2H3. The highest BCUT2D eigenvalue weighted by molar-refractivity contribution is 8.07. The van der Waals surface area contributed by atoms with Gasteiger partial charge < -0.3 is 4.52 Å². The van der Waals surface area contributed by atoms with Crippen LogP contribution >= 0.6 is 6.72 Å². The fourth-order valence-corrected chi connectivity index (χ4v) is 3.96. The van der Waals surface area contributed by atoms with Crippen LogP contribution in [0.25, 0.3) is 11.1 Å². The Morgan fingerprint density at radius 2 is 1.33 bits per heavy atom. The predicted molar refractivity (Wildman–Crippen MR) is 90.0 cm³/mol. The second-order valence-electron chi connectivity index (χ2n) is 4.26. The lowest BCUT2D eigenvalue weighted by atomic mass is 10.1. The molecular weight excluding hydrogens is 303 g/mol. The minimum Gasteiger partial charge on any atom is -0.424 e. The SMILES string of the molecule is CCOP(=S)(OCC)Oc1ccc(-c2ccccc2)cc1. The van der Waals surface area contributed by atoms with Gasteiger partial charge in [-0.25, -0.2) is 0 Å². The van der Waals surface area contributed by atoms with Gasteiger partial charge in [-0.05, 0) is 37.1 Å². The summed E-state index contributed by atoms with van der Waals surface area (Å²) in [6.45, 7) is 2.00. The van der Waals surface area contributed by atoms with Crippen molar-refractivity contribution in [2.24, 2.45) is 0 Å². The first-order valence-corrected chi connectivity index (χ1v) is 9.46. The Balaban J connectivity index is 2.13. The maximum atomic E-state index is 5.76. The van der Waals surface area contributed by atoms with Crippen LogP contribution in [0.5, 0.6) is 5.75 Å². The van der Waals surface area contributed by atoms with Crippen LogP contribution in [-0.4, -0.2) is 13.2 Å². The van der Waals surface area contributed by atoms with Gasteiger partial charge in [0.1, 0.15) is 5.75 Å². The summed E-state index contributed by atoms with van der Waals surface area (Å²) in [7, 11) is 0. The maximum absolute atomic E-state index is 5.76. The van der Waals surface area contributed by atoms with Crippen molar-refractivity contribution in [3.05, 3.63) is 54.6 Å². The van der Waals surface area contributed by atoms with Crippen molar-refractivity contribution < 1.29 is 13.6 Å². The Morgan fingerprint density at radius 1 is 0.810 bits per heavy atom. The van der Waals surface area contributed by atoms with Crippen molar-refractivity contribution in [3.63, 3.8) is 0 Å². The Hall–Kier alpha value is -1.19. The Labute approximate surface area is 131 Å². The van der Waals surface area contributed by atoms with Crippen molar-refractivity contribution in [2.75, 3.05) is 13.2 Å². The molecule has 0 N–H and O–H groups in total. The average molecular weight is 322 g/mol. The van der Waals surface area contributed by atoms with E-state index in [0.717, 1.165) is 11.1 Å². The Kier molecular flexibility index (Phi) is 5.95. The lowest BCUT2D eigenvalue weighted by molar-refractivity contribution is 0.218. The largest absolute Gasteiger partial charge is 0.424 e. The third kappa shape index (κ3) is 4.65. The fourth-order valence-electron chi connectivity index (χ4n) is 1.87. The zero-order valence-corrected chi connectivity index (χ0v) is 13.9. The lowest BCUT2D eigenvalue weighted by Gasteiger charge is -2.21. The summed E-state index contributed by atoms with van der Waals surface area (Å²) in [5.74, 6) is 0.667. The van der Waals surface area contributed by atoms with E-state index >= 15 is 0 Å². The molecule has 0 aliphatic carbocycles. The molecule has 0 aromatic heterocycles. The first-order chi connectivity index (χ1) is 10.2. The minimum absolute atomic E-state index is 0.472. The van der Waals surface area contributed by atoms with Crippen molar-refractivity contribution >= 4 is 18.5 Å². The van der Waals surface area contributed by atoms with E-state index in [9.17, 15) is 0 Å². The van der Waals surface area contributed by atoms with Crippen LogP contribution in [0, 0.1) is 0 Å². The van der Waals surface area contributed by atoms with Crippen molar-refractivity contribution in [3.8, 4) is 16.9 Å². The monoisotopic (exact) mass is 322 g/mol. The van der Waals surface area contributed by atoms with Crippen LogP contribution < -0.4 is 4.52 Å². The molecule has 21 heavy (non-hydrogen) atoms. The molecule has 2 rings (SSSR count). The molecule has 0 atom stereocenters. The van der Waals surface area contributed by atoms with Gasteiger partial charge >= 0.3 is 6.72 Å². The van der Waals surface area contributed by atoms with Crippen molar-refractivity contribution in [2.45, 2.75) is 13.8 Å². The highest BCUT2D eigenvalue weighted by Gasteiger charge is 2.20. The summed E-state index contributed by atoms with van der Waals surface area (Å²) >= 11 is 5.35.